The summed E-state index contributed by atoms with van der Waals surface area (Å²) in [5, 5.41) is 17.2. The molecule has 0 saturated heterocycles. The number of nitrogens with two attached hydrogens (primary N) is 1. The van der Waals surface area contributed by atoms with Crippen LogP contribution in [-0.2, 0) is 16.1 Å². The normalized spacial score (nSPS) is 14.3. The van der Waals surface area contributed by atoms with Crippen LogP contribution in [0.15, 0.2) is 60.7 Å². The predicted octanol–water partition coefficient (Wildman–Crippen LogP) is 4.27. The second-order valence-corrected chi connectivity index (χ2v) is 9.06. The van der Waals surface area contributed by atoms with Gasteiger partial charge >= 0.3 is 5.97 Å². The van der Waals surface area contributed by atoms with Crippen molar-refractivity contribution in [1.82, 2.24) is 4.90 Å². The lowest BCUT2D eigenvalue weighted by atomic mass is 10.0. The molecule has 4 N–H and O–H groups in total. The van der Waals surface area contributed by atoms with Gasteiger partial charge in [0.15, 0.2) is 0 Å². The average Bonchev–Trinajstić information content (AvgIpc) is 2.99. The Kier molecular flexibility index (Phi) is 7.85. The maximum absolute atomic E-state index is 14.5. The number of anilines is 1. The van der Waals surface area contributed by atoms with Crippen LogP contribution in [-0.4, -0.2) is 46.2 Å². The van der Waals surface area contributed by atoms with Crippen LogP contribution in [0.1, 0.15) is 46.0 Å². The quantitative estimate of drug-likeness (QED) is 0.227. The van der Waals surface area contributed by atoms with E-state index in [0.717, 1.165) is 16.5 Å². The van der Waals surface area contributed by atoms with Crippen molar-refractivity contribution in [3.63, 3.8) is 0 Å². The van der Waals surface area contributed by atoms with E-state index < -0.39 is 42.0 Å². The minimum Gasteiger partial charge on any atom is -0.480 e. The van der Waals surface area contributed by atoms with E-state index in [9.17, 15) is 28.3 Å². The van der Waals surface area contributed by atoms with Crippen molar-refractivity contribution in [3.05, 3.63) is 100 Å². The summed E-state index contributed by atoms with van der Waals surface area (Å²) in [4.78, 5) is 41.1. The number of carbonyl (C=O) groups is 3. The maximum atomic E-state index is 14.5. The number of nitrogens with zero attached hydrogens (tertiary/aromatic N) is 2. The monoisotopic (exact) mass is 532 g/mol. The summed E-state index contributed by atoms with van der Waals surface area (Å²) >= 11 is 0. The van der Waals surface area contributed by atoms with Gasteiger partial charge in [-0.25, -0.2) is 13.6 Å². The van der Waals surface area contributed by atoms with Crippen LogP contribution < -0.4 is 10.6 Å². The van der Waals surface area contributed by atoms with Gasteiger partial charge < -0.3 is 20.6 Å². The first-order valence-corrected chi connectivity index (χ1v) is 12.1. The third-order valence-electron chi connectivity index (χ3n) is 6.49. The van der Waals surface area contributed by atoms with E-state index in [1.165, 1.54) is 11.0 Å². The van der Waals surface area contributed by atoms with E-state index in [-0.39, 0.29) is 35.6 Å². The molecule has 0 saturated carbocycles. The average molecular weight is 533 g/mol. The van der Waals surface area contributed by atoms with E-state index >= 15 is 0 Å². The van der Waals surface area contributed by atoms with Gasteiger partial charge in [0.25, 0.3) is 5.91 Å². The summed E-state index contributed by atoms with van der Waals surface area (Å²) in [6, 6.07) is 13.5. The fourth-order valence-electron chi connectivity index (χ4n) is 4.40. The SMILES string of the molecule is CCC(C(=O)O)N1CC(=O)N(Cc2ccc(F)cc2F)c2ccc(C=Cc3ccc(C(=N)N)cc3)cc2C1=O. The summed E-state index contributed by atoms with van der Waals surface area (Å²) in [5.41, 5.74) is 7.80. The summed E-state index contributed by atoms with van der Waals surface area (Å²) < 4.78 is 27.9. The van der Waals surface area contributed by atoms with Gasteiger partial charge in [0.1, 0.15) is 30.1 Å². The molecule has 1 unspecified atom stereocenters. The first kappa shape index (κ1) is 27.2. The number of aliphatic carboxylic acids is 1. The third kappa shape index (κ3) is 5.85. The fourth-order valence-corrected chi connectivity index (χ4v) is 4.40. The molecule has 200 valence electrons. The van der Waals surface area contributed by atoms with Gasteiger partial charge in [0.2, 0.25) is 5.91 Å². The highest BCUT2D eigenvalue weighted by Crippen LogP contribution is 2.31. The number of benzene rings is 3. The maximum Gasteiger partial charge on any atom is 0.326 e. The zero-order valence-corrected chi connectivity index (χ0v) is 21.0. The lowest BCUT2D eigenvalue weighted by Crippen LogP contribution is -2.48. The number of fused-ring (bicyclic) bond motifs is 1. The Morgan fingerprint density at radius 2 is 1.72 bits per heavy atom. The van der Waals surface area contributed by atoms with Gasteiger partial charge in [0, 0.05) is 17.2 Å². The first-order chi connectivity index (χ1) is 18.6. The van der Waals surface area contributed by atoms with Gasteiger partial charge in [-0.3, -0.25) is 15.0 Å². The molecule has 4 rings (SSSR count). The molecule has 39 heavy (non-hydrogen) atoms. The van der Waals surface area contributed by atoms with Crippen LogP contribution in [0.4, 0.5) is 14.5 Å². The molecule has 3 aromatic carbocycles. The second-order valence-electron chi connectivity index (χ2n) is 9.06. The molecule has 0 fully saturated rings. The standard InChI is InChI=1S/C29H26F2N4O4/c1-2-24(29(38)39)35-16-26(36)34(15-20-10-11-21(30)14-23(20)31)25-12-7-18(13-22(25)28(35)37)4-3-17-5-8-19(9-6-17)27(32)33/h3-14,24H,2,15-16H2,1H3,(H3,32,33)(H,38,39). The Labute approximate surface area is 223 Å². The molecule has 8 nitrogen and oxygen atoms in total. The zero-order chi connectivity index (χ0) is 28.3. The van der Waals surface area contributed by atoms with Gasteiger partial charge in [-0.1, -0.05) is 55.5 Å². The van der Waals surface area contributed by atoms with E-state index in [0.29, 0.717) is 17.2 Å². The number of halogens is 2. The number of rotatable bonds is 8. The number of hydrogen-bond donors (Lipinski definition) is 3. The van der Waals surface area contributed by atoms with E-state index in [2.05, 4.69) is 0 Å². The first-order valence-electron chi connectivity index (χ1n) is 12.1. The molecular weight excluding hydrogens is 506 g/mol. The van der Waals surface area contributed by atoms with Crippen molar-refractivity contribution < 1.29 is 28.3 Å². The predicted molar refractivity (Wildman–Crippen MR) is 143 cm³/mol. The third-order valence-corrected chi connectivity index (χ3v) is 6.49. The van der Waals surface area contributed by atoms with Crippen LogP contribution in [0.2, 0.25) is 0 Å². The van der Waals surface area contributed by atoms with Gasteiger partial charge in [0.05, 0.1) is 17.8 Å². The largest absolute Gasteiger partial charge is 0.480 e. The Balaban J connectivity index is 1.76. The van der Waals surface area contributed by atoms with Gasteiger partial charge in [-0.2, -0.15) is 0 Å². The van der Waals surface area contributed by atoms with Gasteiger partial charge in [-0.05, 0) is 35.7 Å². The van der Waals surface area contributed by atoms with Crippen LogP contribution in [0.25, 0.3) is 12.2 Å². The molecule has 0 spiro atoms. The Morgan fingerprint density at radius 1 is 1.05 bits per heavy atom. The summed E-state index contributed by atoms with van der Waals surface area (Å²) in [5.74, 6) is -4.15. The number of nitrogens with one attached hydrogen (secondary N) is 1. The minimum atomic E-state index is -1.25. The van der Waals surface area contributed by atoms with Crippen molar-refractivity contribution in [2.45, 2.75) is 25.9 Å². The number of carboxylic acid groups (broad SMARTS) is 1. The Bertz CT molecular complexity index is 1490. The van der Waals surface area contributed by atoms with E-state index in [1.807, 2.05) is 0 Å². The molecule has 0 radical (unpaired) electrons. The number of carbonyl (C=O) groups excluding carboxylic acids is 2. The highest BCUT2D eigenvalue weighted by Gasteiger charge is 2.37. The molecule has 1 atom stereocenters. The molecule has 1 heterocycles. The molecule has 0 aliphatic carbocycles. The molecule has 2 amide bonds. The zero-order valence-electron chi connectivity index (χ0n) is 21.0. The van der Waals surface area contributed by atoms with Crippen LogP contribution >= 0.6 is 0 Å². The van der Waals surface area contributed by atoms with E-state index in [4.69, 9.17) is 11.1 Å². The topological polar surface area (TPSA) is 128 Å². The van der Waals surface area contributed by atoms with Crippen LogP contribution in [0, 0.1) is 17.0 Å². The van der Waals surface area contributed by atoms with E-state index in [1.54, 1.807) is 61.5 Å². The molecule has 3 aromatic rings. The lowest BCUT2D eigenvalue weighted by molar-refractivity contribution is -0.142. The van der Waals surface area contributed by atoms with Crippen LogP contribution in [0.3, 0.4) is 0 Å². The molecule has 0 bridgehead atoms. The number of amides is 2. The molecule has 1 aliphatic heterocycles. The highest BCUT2D eigenvalue weighted by atomic mass is 19.1. The van der Waals surface area contributed by atoms with Crippen LogP contribution in [0.5, 0.6) is 0 Å². The summed E-state index contributed by atoms with van der Waals surface area (Å²) in [6.45, 7) is 0.806. The lowest BCUT2D eigenvalue weighted by Gasteiger charge is -2.26. The van der Waals surface area contributed by atoms with Crippen molar-refractivity contribution in [1.29, 1.82) is 5.41 Å². The summed E-state index contributed by atoms with van der Waals surface area (Å²) in [7, 11) is 0. The number of amidine groups is 1. The summed E-state index contributed by atoms with van der Waals surface area (Å²) in [6.07, 6.45) is 3.60. The number of carboxylic acids is 1. The molecule has 1 aliphatic rings. The van der Waals surface area contributed by atoms with Crippen molar-refractivity contribution >= 4 is 41.5 Å². The molecule has 10 heteroatoms. The fraction of sp³-hybridized carbons (Fsp3) is 0.172. The highest BCUT2D eigenvalue weighted by molar-refractivity contribution is 6.11. The smallest absolute Gasteiger partial charge is 0.326 e. The second kappa shape index (κ2) is 11.3. The Morgan fingerprint density at radius 3 is 2.33 bits per heavy atom. The Hall–Kier alpha value is -4.86. The number of hydrogen-bond acceptors (Lipinski definition) is 4. The van der Waals surface area contributed by atoms with Crippen molar-refractivity contribution in [2.75, 3.05) is 11.4 Å². The van der Waals surface area contributed by atoms with Crippen molar-refractivity contribution in [2.24, 2.45) is 5.73 Å². The molecular formula is C29H26F2N4O4. The minimum absolute atomic E-state index is 0.0415. The number of nitrogen functional groups attached to an aromatic ring is 1. The van der Waals surface area contributed by atoms with Gasteiger partial charge in [-0.15, -0.1) is 0 Å². The van der Waals surface area contributed by atoms with Crippen molar-refractivity contribution in [3.8, 4) is 0 Å². The molecule has 0 aromatic heterocycles.